The molecule has 7 nitrogen and oxygen atoms in total. The normalized spacial score (nSPS) is 24.5. The van der Waals surface area contributed by atoms with E-state index in [1.54, 1.807) is 24.0 Å². The van der Waals surface area contributed by atoms with Gasteiger partial charge in [-0.15, -0.1) is 0 Å². The molecule has 0 radical (unpaired) electrons. The minimum absolute atomic E-state index is 0.0377. The van der Waals surface area contributed by atoms with Crippen molar-refractivity contribution >= 4 is 33.4 Å². The van der Waals surface area contributed by atoms with Gasteiger partial charge in [0.1, 0.15) is 5.54 Å². The van der Waals surface area contributed by atoms with Gasteiger partial charge in [-0.2, -0.15) is 4.31 Å². The Hall–Kier alpha value is -1.64. The van der Waals surface area contributed by atoms with Crippen LogP contribution < -0.4 is 5.32 Å². The minimum Gasteiger partial charge on any atom is -0.350 e. The molecule has 1 atom stereocenters. The maximum atomic E-state index is 13.3. The lowest BCUT2D eigenvalue weighted by Crippen LogP contribution is -2.71. The average Bonchev–Trinajstić information content (AvgIpc) is 2.67. The van der Waals surface area contributed by atoms with Crippen molar-refractivity contribution in [2.45, 2.75) is 57.2 Å². The number of nitrogens with zero attached hydrogens (tertiary/aromatic N) is 2. The quantitative estimate of drug-likeness (QED) is 0.758. The lowest BCUT2D eigenvalue weighted by molar-refractivity contribution is -0.157. The van der Waals surface area contributed by atoms with Gasteiger partial charge in [0.2, 0.25) is 21.8 Å². The van der Waals surface area contributed by atoms with Gasteiger partial charge in [-0.25, -0.2) is 8.42 Å². The van der Waals surface area contributed by atoms with Crippen LogP contribution >= 0.6 is 11.6 Å². The smallest absolute Gasteiger partial charge is 0.247 e. The van der Waals surface area contributed by atoms with Crippen LogP contribution in [0.2, 0.25) is 5.02 Å². The van der Waals surface area contributed by atoms with Crippen LogP contribution in [-0.2, 0) is 26.2 Å². The molecule has 2 amide bonds. The number of halogens is 1. The van der Waals surface area contributed by atoms with Gasteiger partial charge in [-0.05, 0) is 37.5 Å². The monoisotopic (exact) mass is 441 g/mol. The zero-order valence-electron chi connectivity index (χ0n) is 16.9. The summed E-state index contributed by atoms with van der Waals surface area (Å²) in [4.78, 5) is 27.9. The van der Waals surface area contributed by atoms with Crippen molar-refractivity contribution in [3.8, 4) is 0 Å². The Bertz CT molecular complexity index is 868. The second-order valence-corrected chi connectivity index (χ2v) is 10.6. The third-order valence-corrected chi connectivity index (χ3v) is 7.31. The standard InChI is InChI=1S/C20H28ClN3O4S/c1-20(19(26)22-12-15-8-10-16(21)11-9-15)14-23(29(2,27)28)13-18(25)24(20)17-6-4-3-5-7-17/h8-11,17H,3-7,12-14H2,1-2H3,(H,22,26). The molecule has 9 heteroatoms. The number of rotatable bonds is 5. The van der Waals surface area contributed by atoms with E-state index in [2.05, 4.69) is 5.32 Å². The van der Waals surface area contributed by atoms with Crippen LogP contribution in [-0.4, -0.2) is 60.4 Å². The van der Waals surface area contributed by atoms with Crippen LogP contribution in [0.15, 0.2) is 24.3 Å². The lowest BCUT2D eigenvalue weighted by atomic mass is 9.87. The van der Waals surface area contributed by atoms with Gasteiger partial charge >= 0.3 is 0 Å². The highest BCUT2D eigenvalue weighted by Crippen LogP contribution is 2.33. The summed E-state index contributed by atoms with van der Waals surface area (Å²) in [5, 5.41) is 3.50. The van der Waals surface area contributed by atoms with Crippen molar-refractivity contribution in [3.05, 3.63) is 34.9 Å². The Balaban J connectivity index is 1.85. The Morgan fingerprint density at radius 3 is 2.41 bits per heavy atom. The molecule has 160 valence electrons. The van der Waals surface area contributed by atoms with Crippen molar-refractivity contribution in [3.63, 3.8) is 0 Å². The van der Waals surface area contributed by atoms with E-state index in [1.807, 2.05) is 12.1 Å². The highest BCUT2D eigenvalue weighted by Gasteiger charge is 2.51. The summed E-state index contributed by atoms with van der Waals surface area (Å²) in [5.41, 5.74) is -0.384. The Labute approximate surface area is 177 Å². The van der Waals surface area contributed by atoms with Gasteiger partial charge in [0.05, 0.1) is 12.8 Å². The molecule has 0 bridgehead atoms. The van der Waals surface area contributed by atoms with Gasteiger partial charge in [-0.3, -0.25) is 9.59 Å². The fraction of sp³-hybridized carbons (Fsp3) is 0.600. The highest BCUT2D eigenvalue weighted by molar-refractivity contribution is 7.88. The van der Waals surface area contributed by atoms with Crippen LogP contribution in [0, 0.1) is 0 Å². The number of carbonyl (C=O) groups excluding carboxylic acids is 2. The van der Waals surface area contributed by atoms with E-state index in [1.165, 1.54) is 0 Å². The molecule has 29 heavy (non-hydrogen) atoms. The predicted octanol–water partition coefficient (Wildman–Crippen LogP) is 2.15. The van der Waals surface area contributed by atoms with Crippen LogP contribution in [0.3, 0.4) is 0 Å². The molecule has 1 saturated carbocycles. The topological polar surface area (TPSA) is 86.8 Å². The first-order valence-electron chi connectivity index (χ1n) is 9.91. The number of hydrogen-bond acceptors (Lipinski definition) is 4. The Morgan fingerprint density at radius 1 is 1.21 bits per heavy atom. The van der Waals surface area contributed by atoms with E-state index in [9.17, 15) is 18.0 Å². The molecule has 1 heterocycles. The molecular weight excluding hydrogens is 414 g/mol. The molecule has 3 rings (SSSR count). The Morgan fingerprint density at radius 2 is 1.83 bits per heavy atom. The molecule has 1 N–H and O–H groups in total. The minimum atomic E-state index is -3.60. The predicted molar refractivity (Wildman–Crippen MR) is 112 cm³/mol. The second-order valence-electron chi connectivity index (χ2n) is 8.17. The lowest BCUT2D eigenvalue weighted by Gasteiger charge is -2.50. The van der Waals surface area contributed by atoms with E-state index >= 15 is 0 Å². The van der Waals surface area contributed by atoms with Crippen molar-refractivity contribution in [2.24, 2.45) is 0 Å². The molecule has 1 aromatic carbocycles. The number of carbonyl (C=O) groups is 2. The van der Waals surface area contributed by atoms with E-state index in [0.29, 0.717) is 5.02 Å². The van der Waals surface area contributed by atoms with E-state index in [0.717, 1.165) is 48.2 Å². The summed E-state index contributed by atoms with van der Waals surface area (Å²) >= 11 is 5.90. The van der Waals surface area contributed by atoms with Crippen LogP contribution in [0.5, 0.6) is 0 Å². The molecule has 1 aliphatic heterocycles. The number of sulfonamides is 1. The molecule has 1 unspecified atom stereocenters. The SMILES string of the molecule is CC1(C(=O)NCc2ccc(Cl)cc2)CN(S(C)(=O)=O)CC(=O)N1C1CCCCC1. The summed E-state index contributed by atoms with van der Waals surface area (Å²) in [7, 11) is -3.60. The molecule has 1 aliphatic carbocycles. The van der Waals surface area contributed by atoms with E-state index in [-0.39, 0.29) is 37.5 Å². The summed E-state index contributed by atoms with van der Waals surface area (Å²) in [6.07, 6.45) is 5.88. The van der Waals surface area contributed by atoms with Crippen molar-refractivity contribution in [2.75, 3.05) is 19.3 Å². The third kappa shape index (κ3) is 4.92. The van der Waals surface area contributed by atoms with E-state index in [4.69, 9.17) is 11.6 Å². The number of hydrogen-bond donors (Lipinski definition) is 1. The summed E-state index contributed by atoms with van der Waals surface area (Å²) in [6, 6.07) is 7.09. The van der Waals surface area contributed by atoms with Crippen molar-refractivity contribution < 1.29 is 18.0 Å². The zero-order chi connectivity index (χ0) is 21.2. The van der Waals surface area contributed by atoms with Crippen LogP contribution in [0.25, 0.3) is 0 Å². The second kappa shape index (κ2) is 8.62. The van der Waals surface area contributed by atoms with Gasteiger partial charge in [-0.1, -0.05) is 43.0 Å². The average molecular weight is 442 g/mol. The molecule has 2 fully saturated rings. The Kier molecular flexibility index (Phi) is 6.55. The summed E-state index contributed by atoms with van der Waals surface area (Å²) < 4.78 is 25.4. The van der Waals surface area contributed by atoms with Crippen molar-refractivity contribution in [1.82, 2.24) is 14.5 Å². The van der Waals surface area contributed by atoms with Crippen molar-refractivity contribution in [1.29, 1.82) is 0 Å². The molecule has 1 saturated heterocycles. The van der Waals surface area contributed by atoms with Gasteiger partial charge in [0.15, 0.2) is 0 Å². The zero-order valence-corrected chi connectivity index (χ0v) is 18.4. The fourth-order valence-corrected chi connectivity index (χ4v) is 5.27. The fourth-order valence-electron chi connectivity index (χ4n) is 4.31. The van der Waals surface area contributed by atoms with E-state index < -0.39 is 15.6 Å². The molecule has 0 aromatic heterocycles. The summed E-state index contributed by atoms with van der Waals surface area (Å²) in [5.74, 6) is -0.655. The maximum Gasteiger partial charge on any atom is 0.247 e. The third-order valence-electron chi connectivity index (χ3n) is 5.86. The maximum absolute atomic E-state index is 13.3. The molecule has 0 spiro atoms. The van der Waals surface area contributed by atoms with Gasteiger partial charge in [0, 0.05) is 24.2 Å². The number of piperazine rings is 1. The molecule has 1 aromatic rings. The summed E-state index contributed by atoms with van der Waals surface area (Å²) in [6.45, 7) is 1.70. The first-order chi connectivity index (χ1) is 13.6. The van der Waals surface area contributed by atoms with Crippen LogP contribution in [0.4, 0.5) is 0 Å². The van der Waals surface area contributed by atoms with Gasteiger partial charge < -0.3 is 10.2 Å². The first kappa shape index (κ1) is 22.1. The number of benzene rings is 1. The number of nitrogens with one attached hydrogen (secondary N) is 1. The molecule has 2 aliphatic rings. The molecular formula is C20H28ClN3O4S. The highest BCUT2D eigenvalue weighted by atomic mass is 35.5. The first-order valence-corrected chi connectivity index (χ1v) is 12.1. The number of amides is 2. The largest absolute Gasteiger partial charge is 0.350 e. The van der Waals surface area contributed by atoms with Gasteiger partial charge in [0.25, 0.3) is 0 Å². The van der Waals surface area contributed by atoms with Crippen LogP contribution in [0.1, 0.15) is 44.6 Å².